The Labute approximate surface area is 168 Å². The Morgan fingerprint density at radius 2 is 1.79 bits per heavy atom. The van der Waals surface area contributed by atoms with Crippen molar-refractivity contribution in [2.75, 3.05) is 13.2 Å². The van der Waals surface area contributed by atoms with Gasteiger partial charge in [-0.15, -0.1) is 0 Å². The summed E-state index contributed by atoms with van der Waals surface area (Å²) in [5.74, 6) is -5.55. The van der Waals surface area contributed by atoms with Gasteiger partial charge in [-0.2, -0.15) is 4.39 Å². The molecule has 0 bridgehead atoms. The number of unbranched alkanes of at least 4 members (excludes halogenated alkanes) is 1. The van der Waals surface area contributed by atoms with Gasteiger partial charge in [0.15, 0.2) is 23.2 Å². The molecule has 1 atom stereocenters. The van der Waals surface area contributed by atoms with Gasteiger partial charge in [0.25, 0.3) is 0 Å². The molecule has 158 valence electrons. The predicted molar refractivity (Wildman–Crippen MR) is 92.3 cm³/mol. The first-order chi connectivity index (χ1) is 12.9. The number of hydrogen-bond acceptors (Lipinski definition) is 3. The van der Waals surface area contributed by atoms with E-state index >= 15 is 0 Å². The molecule has 9 heteroatoms. The van der Waals surface area contributed by atoms with Crippen LogP contribution in [0, 0.1) is 23.4 Å². The van der Waals surface area contributed by atoms with Crippen molar-refractivity contribution in [3.63, 3.8) is 0 Å². The van der Waals surface area contributed by atoms with Crippen molar-refractivity contribution in [2.24, 2.45) is 5.92 Å². The molecule has 0 saturated heterocycles. The van der Waals surface area contributed by atoms with Crippen molar-refractivity contribution < 1.29 is 45.6 Å². The average molecular weight is 423 g/mol. The lowest BCUT2D eigenvalue weighted by Crippen LogP contribution is -3.00. The Bertz CT molecular complexity index is 670. The van der Waals surface area contributed by atoms with Gasteiger partial charge in [-0.1, -0.05) is 12.8 Å². The second-order valence-corrected chi connectivity index (χ2v) is 6.82. The number of carbonyl (C=O) groups excluding carboxylic acids is 2. The third-order valence-corrected chi connectivity index (χ3v) is 4.78. The molecule has 1 fully saturated rings. The maximum absolute atomic E-state index is 13.6. The number of rotatable bonds is 10. The van der Waals surface area contributed by atoms with Crippen LogP contribution in [0.5, 0.6) is 5.75 Å². The number of quaternary nitrogens is 1. The fraction of sp³-hybridized carbons (Fsp3) is 0.579. The maximum Gasteiger partial charge on any atom is 0.223 e. The van der Waals surface area contributed by atoms with Crippen molar-refractivity contribution in [3.05, 3.63) is 29.6 Å². The zero-order chi connectivity index (χ0) is 19.8. The first-order valence-corrected chi connectivity index (χ1v) is 9.32. The molecule has 4 N–H and O–H groups in total. The van der Waals surface area contributed by atoms with Gasteiger partial charge in [0.2, 0.25) is 11.7 Å². The molecule has 0 aromatic heterocycles. The van der Waals surface area contributed by atoms with Gasteiger partial charge < -0.3 is 28.2 Å². The highest BCUT2D eigenvalue weighted by atomic mass is 35.5. The van der Waals surface area contributed by atoms with E-state index in [2.05, 4.69) is 11.1 Å². The smallest absolute Gasteiger partial charge is 0.223 e. The molecule has 28 heavy (non-hydrogen) atoms. The van der Waals surface area contributed by atoms with Crippen molar-refractivity contribution >= 4 is 11.7 Å². The average Bonchev–Trinajstić information content (AvgIpc) is 3.19. The molecule has 1 aromatic carbocycles. The summed E-state index contributed by atoms with van der Waals surface area (Å²) in [5, 5.41) is 2.74. The molecule has 1 aromatic rings. The number of carbonyl (C=O) groups is 2. The van der Waals surface area contributed by atoms with Gasteiger partial charge in [0, 0.05) is 5.92 Å². The minimum Gasteiger partial charge on any atom is -1.00 e. The summed E-state index contributed by atoms with van der Waals surface area (Å²) in [6.07, 6.45) is 5.41. The van der Waals surface area contributed by atoms with Crippen LogP contribution in [0.3, 0.4) is 0 Å². The highest BCUT2D eigenvalue weighted by Crippen LogP contribution is 2.25. The van der Waals surface area contributed by atoms with Crippen LogP contribution in [-0.4, -0.2) is 30.9 Å². The molecule has 1 saturated carbocycles. The van der Waals surface area contributed by atoms with Crippen LogP contribution in [0.4, 0.5) is 13.2 Å². The lowest BCUT2D eigenvalue weighted by atomic mass is 10.0. The SMILES string of the molecule is [Cl-].[NH3+]CCCC[C@H](NC(=O)C1CCCC1)C(=O)COc1c(F)ccc(F)c1F. The molecule has 0 heterocycles. The van der Waals surface area contributed by atoms with Crippen LogP contribution in [0.15, 0.2) is 12.1 Å². The Hall–Kier alpha value is -1.80. The Kier molecular flexibility index (Phi) is 10.3. The number of halogens is 4. The molecule has 5 nitrogen and oxygen atoms in total. The van der Waals surface area contributed by atoms with Crippen LogP contribution in [0.1, 0.15) is 44.9 Å². The number of benzene rings is 1. The van der Waals surface area contributed by atoms with E-state index in [1.807, 2.05) is 0 Å². The Morgan fingerprint density at radius 1 is 1.14 bits per heavy atom. The van der Waals surface area contributed by atoms with Crippen LogP contribution in [-0.2, 0) is 9.59 Å². The largest absolute Gasteiger partial charge is 1.00 e. The van der Waals surface area contributed by atoms with E-state index in [9.17, 15) is 22.8 Å². The maximum atomic E-state index is 13.6. The number of ether oxygens (including phenoxy) is 1. The summed E-state index contributed by atoms with van der Waals surface area (Å²) in [7, 11) is 0. The Balaban J connectivity index is 0.00000392. The van der Waals surface area contributed by atoms with Gasteiger partial charge in [-0.3, -0.25) is 9.59 Å². The molecule has 0 spiro atoms. The second kappa shape index (κ2) is 11.9. The van der Waals surface area contributed by atoms with Gasteiger partial charge in [-0.05, 0) is 44.2 Å². The van der Waals surface area contributed by atoms with Crippen molar-refractivity contribution in [1.82, 2.24) is 5.32 Å². The first-order valence-electron chi connectivity index (χ1n) is 9.32. The van der Waals surface area contributed by atoms with E-state index in [0.717, 1.165) is 38.2 Å². The molecule has 0 unspecified atom stereocenters. The fourth-order valence-electron chi connectivity index (χ4n) is 3.20. The quantitative estimate of drug-likeness (QED) is 0.380. The molecule has 1 aliphatic carbocycles. The summed E-state index contributed by atoms with van der Waals surface area (Å²) in [6.45, 7) is 0.0466. The number of ketones is 1. The standard InChI is InChI=1S/C19H25F3N2O3.ClH/c20-13-8-9-14(21)18(17(13)22)27-11-16(25)15(7-3-4-10-23)24-19(26)12-5-1-2-6-12;/h8-9,12,15H,1-7,10-11,23H2,(H,24,26);1H/t15-;/m0./s1. The molecule has 2 rings (SSSR count). The third kappa shape index (κ3) is 6.67. The van der Waals surface area contributed by atoms with Crippen LogP contribution in [0.25, 0.3) is 0 Å². The predicted octanol–water partition coefficient (Wildman–Crippen LogP) is -0.857. The van der Waals surface area contributed by atoms with Gasteiger partial charge in [0.05, 0.1) is 12.6 Å². The fourth-order valence-corrected chi connectivity index (χ4v) is 3.20. The molecular weight excluding hydrogens is 397 g/mol. The van der Waals surface area contributed by atoms with Crippen molar-refractivity contribution in [1.29, 1.82) is 0 Å². The Morgan fingerprint density at radius 3 is 2.43 bits per heavy atom. The zero-order valence-electron chi connectivity index (χ0n) is 15.6. The summed E-state index contributed by atoms with van der Waals surface area (Å²) >= 11 is 0. The highest BCUT2D eigenvalue weighted by Gasteiger charge is 2.28. The molecule has 1 aliphatic rings. The number of nitrogens with one attached hydrogen (secondary N) is 1. The number of hydrogen-bond donors (Lipinski definition) is 2. The van der Waals surface area contributed by atoms with E-state index in [1.54, 1.807) is 0 Å². The van der Waals surface area contributed by atoms with Gasteiger partial charge in [0.1, 0.15) is 6.61 Å². The van der Waals surface area contributed by atoms with E-state index in [4.69, 9.17) is 4.74 Å². The molecule has 1 amide bonds. The van der Waals surface area contributed by atoms with Crippen LogP contribution >= 0.6 is 0 Å². The monoisotopic (exact) mass is 422 g/mol. The lowest BCUT2D eigenvalue weighted by molar-refractivity contribution is -0.368. The van der Waals surface area contributed by atoms with E-state index in [-0.39, 0.29) is 24.2 Å². The minimum absolute atomic E-state index is 0. The van der Waals surface area contributed by atoms with E-state index in [0.29, 0.717) is 25.5 Å². The number of Topliss-reactive ketones (excluding diaryl/α,β-unsaturated/α-hetero) is 1. The normalized spacial score (nSPS) is 15.0. The molecule has 0 aliphatic heterocycles. The summed E-state index contributed by atoms with van der Waals surface area (Å²) < 4.78 is 45.4. The molecule has 0 radical (unpaired) electrons. The van der Waals surface area contributed by atoms with Crippen molar-refractivity contribution in [3.8, 4) is 5.75 Å². The van der Waals surface area contributed by atoms with Gasteiger partial charge >= 0.3 is 0 Å². The van der Waals surface area contributed by atoms with Crippen LogP contribution in [0.2, 0.25) is 0 Å². The highest BCUT2D eigenvalue weighted by molar-refractivity contribution is 5.90. The third-order valence-electron chi connectivity index (χ3n) is 4.78. The zero-order valence-corrected chi connectivity index (χ0v) is 16.4. The topological polar surface area (TPSA) is 83.0 Å². The second-order valence-electron chi connectivity index (χ2n) is 6.82. The summed E-state index contributed by atoms with van der Waals surface area (Å²) in [4.78, 5) is 24.8. The minimum atomic E-state index is -1.48. The number of amides is 1. The van der Waals surface area contributed by atoms with Crippen LogP contribution < -0.4 is 28.2 Å². The first kappa shape index (κ1) is 24.2. The van der Waals surface area contributed by atoms with E-state index < -0.39 is 41.6 Å². The lowest BCUT2D eigenvalue weighted by Gasteiger charge is -2.20. The van der Waals surface area contributed by atoms with Crippen molar-refractivity contribution in [2.45, 2.75) is 51.0 Å². The summed E-state index contributed by atoms with van der Waals surface area (Å²) in [6, 6.07) is 0.568. The van der Waals surface area contributed by atoms with Gasteiger partial charge in [-0.25, -0.2) is 8.78 Å². The summed E-state index contributed by atoms with van der Waals surface area (Å²) in [5.41, 5.74) is 3.74. The molecular formula is C19H26ClF3N2O3. The van der Waals surface area contributed by atoms with E-state index in [1.165, 1.54) is 0 Å².